The lowest BCUT2D eigenvalue weighted by atomic mass is 10.1. The highest BCUT2D eigenvalue weighted by molar-refractivity contribution is 14.0. The second-order valence-electron chi connectivity index (χ2n) is 6.60. The first kappa shape index (κ1) is 26.0. The number of para-hydroxylation sites is 1. The molecule has 0 saturated heterocycles. The topological polar surface area (TPSA) is 64.1 Å². The number of aryl methyl sites for hydroxylation is 1. The molecule has 0 bridgehead atoms. The molecule has 0 heterocycles. The van der Waals surface area contributed by atoms with Crippen LogP contribution < -0.4 is 20.1 Å². The van der Waals surface area contributed by atoms with Crippen molar-refractivity contribution in [3.8, 4) is 11.5 Å². The van der Waals surface area contributed by atoms with E-state index in [4.69, 9.17) is 14.2 Å². The monoisotopic (exact) mass is 527 g/mol. The molecular weight excluding hydrogens is 493 g/mol. The van der Waals surface area contributed by atoms with E-state index in [-0.39, 0.29) is 24.0 Å². The summed E-state index contributed by atoms with van der Waals surface area (Å²) in [6.07, 6.45) is 0.854. The fourth-order valence-corrected chi connectivity index (χ4v) is 2.90. The molecule has 7 heteroatoms. The Morgan fingerprint density at radius 1 is 0.967 bits per heavy atom. The SMILES string of the molecule is CCOc1ccccc1CCNC(=NC)NCc1ccc(C)cc1OCCOC.I. The van der Waals surface area contributed by atoms with Crippen LogP contribution in [0.15, 0.2) is 47.5 Å². The highest BCUT2D eigenvalue weighted by Crippen LogP contribution is 2.20. The maximum absolute atomic E-state index is 5.86. The lowest BCUT2D eigenvalue weighted by Crippen LogP contribution is -2.38. The van der Waals surface area contributed by atoms with Crippen molar-refractivity contribution < 1.29 is 14.2 Å². The Morgan fingerprint density at radius 3 is 2.50 bits per heavy atom. The van der Waals surface area contributed by atoms with Gasteiger partial charge in [-0.05, 0) is 43.5 Å². The first-order valence-electron chi connectivity index (χ1n) is 10.0. The van der Waals surface area contributed by atoms with Gasteiger partial charge in [0.05, 0.1) is 13.2 Å². The van der Waals surface area contributed by atoms with Crippen LogP contribution in [0.1, 0.15) is 23.6 Å². The molecule has 2 N–H and O–H groups in total. The number of hydrogen-bond donors (Lipinski definition) is 2. The minimum absolute atomic E-state index is 0. The second-order valence-corrected chi connectivity index (χ2v) is 6.60. The number of ether oxygens (including phenoxy) is 3. The van der Waals surface area contributed by atoms with Crippen molar-refractivity contribution in [1.29, 1.82) is 0 Å². The number of hydrogen-bond acceptors (Lipinski definition) is 4. The quantitative estimate of drug-likeness (QED) is 0.201. The first-order valence-corrected chi connectivity index (χ1v) is 10.0. The standard InChI is InChI=1S/C23H33N3O3.HI/c1-5-28-21-9-7-6-8-19(21)12-13-25-23(24-3)26-17-20-11-10-18(2)16-22(20)29-15-14-27-4;/h6-11,16H,5,12-15,17H2,1-4H3,(H2,24,25,26);1H. The zero-order chi connectivity index (χ0) is 20.9. The van der Waals surface area contributed by atoms with E-state index in [0.717, 1.165) is 41.6 Å². The summed E-state index contributed by atoms with van der Waals surface area (Å²) in [4.78, 5) is 4.32. The molecular formula is C23H34IN3O3. The van der Waals surface area contributed by atoms with Crippen molar-refractivity contribution in [3.63, 3.8) is 0 Å². The summed E-state index contributed by atoms with van der Waals surface area (Å²) in [5.41, 5.74) is 3.43. The van der Waals surface area contributed by atoms with Crippen molar-refractivity contribution in [3.05, 3.63) is 59.2 Å². The number of methoxy groups -OCH3 is 1. The number of benzene rings is 2. The van der Waals surface area contributed by atoms with Gasteiger partial charge in [-0.25, -0.2) is 0 Å². The molecule has 0 aromatic heterocycles. The maximum Gasteiger partial charge on any atom is 0.191 e. The van der Waals surface area contributed by atoms with Crippen molar-refractivity contribution in [2.75, 3.05) is 40.5 Å². The van der Waals surface area contributed by atoms with Crippen LogP contribution in [-0.2, 0) is 17.7 Å². The third-order valence-electron chi connectivity index (χ3n) is 4.40. The highest BCUT2D eigenvalue weighted by atomic mass is 127. The van der Waals surface area contributed by atoms with E-state index in [9.17, 15) is 0 Å². The molecule has 2 aromatic carbocycles. The lowest BCUT2D eigenvalue weighted by molar-refractivity contribution is 0.145. The van der Waals surface area contributed by atoms with Gasteiger partial charge in [-0.2, -0.15) is 0 Å². The van der Waals surface area contributed by atoms with Gasteiger partial charge in [0.1, 0.15) is 18.1 Å². The average Bonchev–Trinajstić information content (AvgIpc) is 2.73. The van der Waals surface area contributed by atoms with Gasteiger partial charge in [0.2, 0.25) is 0 Å². The van der Waals surface area contributed by atoms with E-state index in [1.807, 2.05) is 31.2 Å². The molecule has 2 rings (SSSR count). The van der Waals surface area contributed by atoms with Crippen LogP contribution in [0.25, 0.3) is 0 Å². The fraction of sp³-hybridized carbons (Fsp3) is 0.435. The Kier molecular flexibility index (Phi) is 12.9. The Balaban J connectivity index is 0.00000450. The molecule has 166 valence electrons. The lowest BCUT2D eigenvalue weighted by Gasteiger charge is -2.16. The smallest absolute Gasteiger partial charge is 0.191 e. The summed E-state index contributed by atoms with van der Waals surface area (Å²) in [5.74, 6) is 2.57. The first-order chi connectivity index (χ1) is 14.2. The molecule has 0 aliphatic rings. The summed E-state index contributed by atoms with van der Waals surface area (Å²) in [6.45, 7) is 7.19. The summed E-state index contributed by atoms with van der Waals surface area (Å²) in [7, 11) is 3.44. The van der Waals surface area contributed by atoms with Crippen molar-refractivity contribution in [2.24, 2.45) is 4.99 Å². The number of aliphatic imine (C=N–C) groups is 1. The van der Waals surface area contributed by atoms with Gasteiger partial charge in [-0.1, -0.05) is 30.3 Å². The van der Waals surface area contributed by atoms with Crippen molar-refractivity contribution in [2.45, 2.75) is 26.8 Å². The van der Waals surface area contributed by atoms with Crippen LogP contribution in [0.4, 0.5) is 0 Å². The third kappa shape index (κ3) is 8.79. The third-order valence-corrected chi connectivity index (χ3v) is 4.40. The zero-order valence-electron chi connectivity index (χ0n) is 18.4. The number of nitrogens with zero attached hydrogens (tertiary/aromatic N) is 1. The second kappa shape index (κ2) is 14.9. The van der Waals surface area contributed by atoms with E-state index in [0.29, 0.717) is 26.4 Å². The molecule has 0 spiro atoms. The van der Waals surface area contributed by atoms with E-state index in [1.165, 1.54) is 5.56 Å². The van der Waals surface area contributed by atoms with Crippen LogP contribution in [0.2, 0.25) is 0 Å². The Morgan fingerprint density at radius 2 is 1.77 bits per heavy atom. The van der Waals surface area contributed by atoms with Gasteiger partial charge >= 0.3 is 0 Å². The van der Waals surface area contributed by atoms with Crippen LogP contribution >= 0.6 is 24.0 Å². The van der Waals surface area contributed by atoms with Gasteiger partial charge in [-0.15, -0.1) is 24.0 Å². The molecule has 0 unspecified atom stereocenters. The molecule has 0 fully saturated rings. The van der Waals surface area contributed by atoms with Crippen LogP contribution in [0.5, 0.6) is 11.5 Å². The van der Waals surface area contributed by atoms with Crippen LogP contribution in [0, 0.1) is 6.92 Å². The predicted octanol–water partition coefficient (Wildman–Crippen LogP) is 3.94. The van der Waals surface area contributed by atoms with E-state index in [2.05, 4.69) is 40.7 Å². The molecule has 6 nitrogen and oxygen atoms in total. The minimum Gasteiger partial charge on any atom is -0.494 e. The molecule has 0 aliphatic heterocycles. The van der Waals surface area contributed by atoms with Gasteiger partial charge in [0.25, 0.3) is 0 Å². The molecule has 0 saturated carbocycles. The van der Waals surface area contributed by atoms with Crippen LogP contribution in [0.3, 0.4) is 0 Å². The van der Waals surface area contributed by atoms with Crippen LogP contribution in [-0.4, -0.2) is 46.5 Å². The maximum atomic E-state index is 5.86. The summed E-state index contributed by atoms with van der Waals surface area (Å²) >= 11 is 0. The Hall–Kier alpha value is -2.00. The number of nitrogens with one attached hydrogen (secondary N) is 2. The minimum atomic E-state index is 0. The van der Waals surface area contributed by atoms with E-state index in [1.54, 1.807) is 14.2 Å². The highest BCUT2D eigenvalue weighted by Gasteiger charge is 2.07. The van der Waals surface area contributed by atoms with Crippen molar-refractivity contribution >= 4 is 29.9 Å². The molecule has 2 aromatic rings. The zero-order valence-corrected chi connectivity index (χ0v) is 20.7. The Bertz CT molecular complexity index is 784. The van der Waals surface area contributed by atoms with Gasteiger partial charge in [-0.3, -0.25) is 4.99 Å². The molecule has 30 heavy (non-hydrogen) atoms. The van der Waals surface area contributed by atoms with Gasteiger partial charge in [0, 0.05) is 32.8 Å². The normalized spacial score (nSPS) is 10.9. The van der Waals surface area contributed by atoms with Gasteiger partial charge in [0.15, 0.2) is 5.96 Å². The summed E-state index contributed by atoms with van der Waals surface area (Å²) in [5, 5.41) is 6.72. The average molecular weight is 527 g/mol. The number of guanidine groups is 1. The number of rotatable bonds is 11. The molecule has 0 atom stereocenters. The van der Waals surface area contributed by atoms with Gasteiger partial charge < -0.3 is 24.8 Å². The van der Waals surface area contributed by atoms with E-state index < -0.39 is 0 Å². The number of halogens is 1. The predicted molar refractivity (Wildman–Crippen MR) is 133 cm³/mol. The van der Waals surface area contributed by atoms with Crippen molar-refractivity contribution in [1.82, 2.24) is 10.6 Å². The molecule has 0 amide bonds. The Labute approximate surface area is 197 Å². The summed E-state index contributed by atoms with van der Waals surface area (Å²) in [6, 6.07) is 14.3. The molecule has 0 aliphatic carbocycles. The van der Waals surface area contributed by atoms with E-state index >= 15 is 0 Å². The largest absolute Gasteiger partial charge is 0.494 e. The molecule has 0 radical (unpaired) electrons. The fourth-order valence-electron chi connectivity index (χ4n) is 2.90. The summed E-state index contributed by atoms with van der Waals surface area (Å²) < 4.78 is 16.6.